The Morgan fingerprint density at radius 1 is 1.35 bits per heavy atom. The first-order valence-electron chi connectivity index (χ1n) is 9.02. The van der Waals surface area contributed by atoms with E-state index >= 15 is 0 Å². The summed E-state index contributed by atoms with van der Waals surface area (Å²) in [6.07, 6.45) is 4.03. The Morgan fingerprint density at radius 3 is 2.88 bits per heavy atom. The van der Waals surface area contributed by atoms with E-state index in [2.05, 4.69) is 14.8 Å². The van der Waals surface area contributed by atoms with Crippen molar-refractivity contribution in [2.24, 2.45) is 0 Å². The fourth-order valence-electron chi connectivity index (χ4n) is 3.68. The van der Waals surface area contributed by atoms with E-state index in [0.717, 1.165) is 43.0 Å². The molecule has 0 aliphatic carbocycles. The number of ether oxygens (including phenoxy) is 1. The van der Waals surface area contributed by atoms with Crippen LogP contribution < -0.4 is 4.74 Å². The molecule has 26 heavy (non-hydrogen) atoms. The van der Waals surface area contributed by atoms with E-state index in [9.17, 15) is 4.39 Å². The summed E-state index contributed by atoms with van der Waals surface area (Å²) < 4.78 is 19.8. The molecule has 2 heterocycles. The Balaban J connectivity index is 1.91. The number of methoxy groups -OCH3 is 1. The van der Waals surface area contributed by atoms with Crippen LogP contribution in [-0.2, 0) is 13.1 Å². The SMILES string of the molecule is COc1cccc(F)c1CN1CCC[C@@H]1c1nc(C)ncc1CN(C)C. The standard InChI is InChI=1S/C20H27FN4O/c1-14-22-11-15(12-24(2)3)20(23-14)18-8-6-10-25(18)13-16-17(21)7-5-9-19(16)26-4/h5,7,9,11,18H,6,8,10,12-13H2,1-4H3/t18-/m1/s1. The van der Waals surface area contributed by atoms with Crippen LogP contribution in [0.4, 0.5) is 4.39 Å². The summed E-state index contributed by atoms with van der Waals surface area (Å²) in [7, 11) is 5.67. The minimum atomic E-state index is -0.220. The number of aryl methyl sites for hydroxylation is 1. The van der Waals surface area contributed by atoms with Crippen LogP contribution in [0.15, 0.2) is 24.4 Å². The Bertz CT molecular complexity index is 765. The summed E-state index contributed by atoms with van der Waals surface area (Å²) in [5.74, 6) is 1.16. The molecule has 6 heteroatoms. The van der Waals surface area contributed by atoms with Gasteiger partial charge in [-0.15, -0.1) is 0 Å². The van der Waals surface area contributed by atoms with Gasteiger partial charge in [0.2, 0.25) is 0 Å². The summed E-state index contributed by atoms with van der Waals surface area (Å²) in [4.78, 5) is 13.6. The summed E-state index contributed by atoms with van der Waals surface area (Å²) in [6, 6.07) is 5.17. The summed E-state index contributed by atoms with van der Waals surface area (Å²) in [5.41, 5.74) is 2.82. The second-order valence-corrected chi connectivity index (χ2v) is 7.11. The summed E-state index contributed by atoms with van der Waals surface area (Å²) >= 11 is 0. The highest BCUT2D eigenvalue weighted by Gasteiger charge is 2.30. The topological polar surface area (TPSA) is 41.5 Å². The van der Waals surface area contributed by atoms with E-state index in [-0.39, 0.29) is 11.9 Å². The van der Waals surface area contributed by atoms with Crippen LogP contribution in [0.1, 0.15) is 41.5 Å². The number of rotatable bonds is 6. The molecular weight excluding hydrogens is 331 g/mol. The van der Waals surface area contributed by atoms with E-state index in [1.807, 2.05) is 33.3 Å². The molecule has 1 aromatic carbocycles. The van der Waals surface area contributed by atoms with Crippen LogP contribution in [0.5, 0.6) is 5.75 Å². The highest BCUT2D eigenvalue weighted by atomic mass is 19.1. The predicted molar refractivity (Wildman–Crippen MR) is 99.5 cm³/mol. The van der Waals surface area contributed by atoms with Crippen molar-refractivity contribution in [3.05, 3.63) is 52.9 Å². The highest BCUT2D eigenvalue weighted by molar-refractivity contribution is 5.35. The Hall–Kier alpha value is -2.05. The second-order valence-electron chi connectivity index (χ2n) is 7.11. The highest BCUT2D eigenvalue weighted by Crippen LogP contribution is 2.36. The Labute approximate surface area is 154 Å². The molecular formula is C20H27FN4O. The number of nitrogens with zero attached hydrogens (tertiary/aromatic N) is 4. The number of aromatic nitrogens is 2. The van der Waals surface area contributed by atoms with Crippen LogP contribution in [-0.4, -0.2) is 47.5 Å². The number of hydrogen-bond donors (Lipinski definition) is 0. The van der Waals surface area contributed by atoms with Gasteiger partial charge in [-0.2, -0.15) is 0 Å². The van der Waals surface area contributed by atoms with Crippen molar-refractivity contribution in [3.63, 3.8) is 0 Å². The second kappa shape index (κ2) is 8.10. The minimum Gasteiger partial charge on any atom is -0.496 e. The van der Waals surface area contributed by atoms with Crippen LogP contribution in [0, 0.1) is 12.7 Å². The third-order valence-corrected chi connectivity index (χ3v) is 4.84. The molecule has 0 unspecified atom stereocenters. The first-order chi connectivity index (χ1) is 12.5. The van der Waals surface area contributed by atoms with Crippen LogP contribution in [0.2, 0.25) is 0 Å². The molecule has 1 aromatic heterocycles. The fourth-order valence-corrected chi connectivity index (χ4v) is 3.68. The lowest BCUT2D eigenvalue weighted by molar-refractivity contribution is 0.234. The maximum atomic E-state index is 14.4. The molecule has 0 amide bonds. The lowest BCUT2D eigenvalue weighted by atomic mass is 10.0. The number of likely N-dealkylation sites (tertiary alicyclic amines) is 1. The maximum absolute atomic E-state index is 14.4. The van der Waals surface area contributed by atoms with Gasteiger partial charge >= 0.3 is 0 Å². The molecule has 1 atom stereocenters. The van der Waals surface area contributed by atoms with Gasteiger partial charge in [0.1, 0.15) is 17.4 Å². The Morgan fingerprint density at radius 2 is 2.15 bits per heavy atom. The predicted octanol–water partition coefficient (Wildman–Crippen LogP) is 3.33. The molecule has 3 rings (SSSR count). The van der Waals surface area contributed by atoms with Crippen molar-refractivity contribution < 1.29 is 9.13 Å². The van der Waals surface area contributed by atoms with E-state index in [0.29, 0.717) is 17.9 Å². The maximum Gasteiger partial charge on any atom is 0.131 e. The zero-order chi connectivity index (χ0) is 18.7. The molecule has 140 valence electrons. The number of benzene rings is 1. The Kier molecular flexibility index (Phi) is 5.84. The van der Waals surface area contributed by atoms with Crippen molar-refractivity contribution in [1.82, 2.24) is 19.8 Å². The van der Waals surface area contributed by atoms with Gasteiger partial charge in [0.25, 0.3) is 0 Å². The van der Waals surface area contributed by atoms with E-state index in [4.69, 9.17) is 9.72 Å². The molecule has 2 aromatic rings. The molecule has 0 radical (unpaired) electrons. The molecule has 5 nitrogen and oxygen atoms in total. The first kappa shape index (κ1) is 18.7. The zero-order valence-electron chi connectivity index (χ0n) is 16.0. The average Bonchev–Trinajstić information content (AvgIpc) is 3.06. The molecule has 1 aliphatic rings. The van der Waals surface area contributed by atoms with E-state index < -0.39 is 0 Å². The fraction of sp³-hybridized carbons (Fsp3) is 0.500. The van der Waals surface area contributed by atoms with Gasteiger partial charge in [-0.1, -0.05) is 6.07 Å². The van der Waals surface area contributed by atoms with Crippen LogP contribution in [0.25, 0.3) is 0 Å². The van der Waals surface area contributed by atoms with E-state index in [1.165, 1.54) is 6.07 Å². The van der Waals surface area contributed by atoms with Crippen molar-refractivity contribution in [2.45, 2.75) is 38.9 Å². The summed E-state index contributed by atoms with van der Waals surface area (Å²) in [5, 5.41) is 0. The quantitative estimate of drug-likeness (QED) is 0.792. The van der Waals surface area contributed by atoms with Gasteiger partial charge in [-0.25, -0.2) is 14.4 Å². The van der Waals surface area contributed by atoms with E-state index in [1.54, 1.807) is 13.2 Å². The average molecular weight is 358 g/mol. The molecule has 1 aliphatic heterocycles. The zero-order valence-corrected chi connectivity index (χ0v) is 16.0. The third-order valence-electron chi connectivity index (χ3n) is 4.84. The smallest absolute Gasteiger partial charge is 0.131 e. The van der Waals surface area contributed by atoms with Crippen molar-refractivity contribution in [1.29, 1.82) is 0 Å². The van der Waals surface area contributed by atoms with Crippen molar-refractivity contribution >= 4 is 0 Å². The van der Waals surface area contributed by atoms with Gasteiger partial charge in [-0.3, -0.25) is 4.90 Å². The molecule has 0 N–H and O–H groups in total. The molecule has 0 saturated carbocycles. The lowest BCUT2D eigenvalue weighted by Gasteiger charge is -2.27. The normalized spacial score (nSPS) is 17.8. The lowest BCUT2D eigenvalue weighted by Crippen LogP contribution is -2.26. The van der Waals surface area contributed by atoms with Gasteiger partial charge < -0.3 is 9.64 Å². The molecule has 1 saturated heterocycles. The van der Waals surface area contributed by atoms with Gasteiger partial charge in [0, 0.05) is 30.4 Å². The monoisotopic (exact) mass is 358 g/mol. The van der Waals surface area contributed by atoms with Gasteiger partial charge in [-0.05, 0) is 52.5 Å². The summed E-state index contributed by atoms with van der Waals surface area (Å²) in [6.45, 7) is 4.16. The minimum absolute atomic E-state index is 0.177. The molecule has 0 bridgehead atoms. The van der Waals surface area contributed by atoms with Crippen LogP contribution >= 0.6 is 0 Å². The van der Waals surface area contributed by atoms with Gasteiger partial charge in [0.05, 0.1) is 18.8 Å². The molecule has 0 spiro atoms. The van der Waals surface area contributed by atoms with Gasteiger partial charge in [0.15, 0.2) is 0 Å². The van der Waals surface area contributed by atoms with Crippen LogP contribution in [0.3, 0.4) is 0 Å². The third kappa shape index (κ3) is 4.02. The molecule has 1 fully saturated rings. The largest absolute Gasteiger partial charge is 0.496 e. The first-order valence-corrected chi connectivity index (χ1v) is 9.02. The van der Waals surface area contributed by atoms with Crippen molar-refractivity contribution in [3.8, 4) is 5.75 Å². The number of halogens is 1. The number of hydrogen-bond acceptors (Lipinski definition) is 5. The van der Waals surface area contributed by atoms with Crippen molar-refractivity contribution in [2.75, 3.05) is 27.7 Å².